The number of aryl methyl sites for hydroxylation is 1. The topological polar surface area (TPSA) is 104 Å². The molecule has 2 fully saturated rings. The van der Waals surface area contributed by atoms with Crippen LogP contribution in [0.4, 0.5) is 0 Å². The number of ketones is 1. The summed E-state index contributed by atoms with van der Waals surface area (Å²) < 4.78 is 17.9. The first-order valence-corrected chi connectivity index (χ1v) is 11.5. The second-order valence-corrected chi connectivity index (χ2v) is 9.00. The molecule has 0 N–H and O–H groups in total. The van der Waals surface area contributed by atoms with Crippen molar-refractivity contribution in [2.75, 3.05) is 19.9 Å². The maximum absolute atomic E-state index is 12.8. The van der Waals surface area contributed by atoms with Crippen molar-refractivity contribution in [3.8, 4) is 17.2 Å². The van der Waals surface area contributed by atoms with Crippen molar-refractivity contribution >= 4 is 23.6 Å². The number of esters is 1. The van der Waals surface area contributed by atoms with Gasteiger partial charge in [-0.1, -0.05) is 12.8 Å². The number of likely N-dealkylation sites (tertiary alicyclic amines) is 1. The zero-order valence-electron chi connectivity index (χ0n) is 19.2. The number of carbonyl (C=O) groups excluding carboxylic acids is 4. The van der Waals surface area contributed by atoms with Crippen LogP contribution in [-0.4, -0.2) is 53.0 Å². The number of amides is 2. The van der Waals surface area contributed by atoms with E-state index in [0.29, 0.717) is 35.6 Å². The van der Waals surface area contributed by atoms with E-state index in [2.05, 4.69) is 0 Å². The Morgan fingerprint density at radius 1 is 1.00 bits per heavy atom. The fourth-order valence-electron chi connectivity index (χ4n) is 5.25. The van der Waals surface area contributed by atoms with Gasteiger partial charge in [0.15, 0.2) is 18.1 Å². The number of benzene rings is 1. The smallest absolute Gasteiger partial charge is 0.326 e. The number of Topliss-reactive ketones (excluding diaryl/α,β-unsaturated/α-hetero) is 1. The summed E-state index contributed by atoms with van der Waals surface area (Å²) in [6, 6.07) is 7.28. The molecule has 2 atom stereocenters. The van der Waals surface area contributed by atoms with Crippen molar-refractivity contribution in [3.05, 3.63) is 41.2 Å². The predicted molar refractivity (Wildman–Crippen MR) is 119 cm³/mol. The third-order valence-corrected chi connectivity index (χ3v) is 6.93. The minimum Gasteiger partial charge on any atom is -0.456 e. The maximum atomic E-state index is 12.8. The number of imide groups is 1. The maximum Gasteiger partial charge on any atom is 0.326 e. The SMILES string of the molecule is Cc1cc(C(=O)COC(=O)CN2C(=O)[C@H]3CCCC[C@H]3C2=O)c(C)n1-c1ccc2c(c1)OCO2. The summed E-state index contributed by atoms with van der Waals surface area (Å²) in [7, 11) is 0. The monoisotopic (exact) mass is 466 g/mol. The van der Waals surface area contributed by atoms with Gasteiger partial charge in [-0.25, -0.2) is 0 Å². The molecule has 178 valence electrons. The Balaban J connectivity index is 1.24. The summed E-state index contributed by atoms with van der Waals surface area (Å²) in [6.45, 7) is 2.95. The van der Waals surface area contributed by atoms with Gasteiger partial charge in [0.1, 0.15) is 6.54 Å². The van der Waals surface area contributed by atoms with Crippen LogP contribution < -0.4 is 9.47 Å². The lowest BCUT2D eigenvalue weighted by atomic mass is 9.81. The molecule has 9 nitrogen and oxygen atoms in total. The lowest BCUT2D eigenvalue weighted by Gasteiger charge is -2.19. The van der Waals surface area contributed by atoms with Gasteiger partial charge in [0.2, 0.25) is 24.4 Å². The number of aromatic nitrogens is 1. The number of hydrogen-bond acceptors (Lipinski definition) is 7. The van der Waals surface area contributed by atoms with Crippen molar-refractivity contribution in [1.82, 2.24) is 9.47 Å². The van der Waals surface area contributed by atoms with E-state index in [4.69, 9.17) is 14.2 Å². The van der Waals surface area contributed by atoms with Gasteiger partial charge in [-0.3, -0.25) is 24.1 Å². The van der Waals surface area contributed by atoms with Crippen LogP contribution in [0.25, 0.3) is 5.69 Å². The largest absolute Gasteiger partial charge is 0.456 e. The molecule has 1 aliphatic carbocycles. The van der Waals surface area contributed by atoms with Gasteiger partial charge >= 0.3 is 5.97 Å². The number of carbonyl (C=O) groups is 4. The fourth-order valence-corrected chi connectivity index (χ4v) is 5.25. The third kappa shape index (κ3) is 3.74. The van der Waals surface area contributed by atoms with Crippen LogP contribution in [0.3, 0.4) is 0 Å². The van der Waals surface area contributed by atoms with Crippen molar-refractivity contribution < 1.29 is 33.4 Å². The highest BCUT2D eigenvalue weighted by Gasteiger charge is 2.48. The first kappa shape index (κ1) is 22.2. The highest BCUT2D eigenvalue weighted by molar-refractivity contribution is 6.07. The lowest BCUT2D eigenvalue weighted by Crippen LogP contribution is -2.37. The van der Waals surface area contributed by atoms with Gasteiger partial charge in [-0.15, -0.1) is 0 Å². The first-order chi connectivity index (χ1) is 16.3. The molecule has 9 heteroatoms. The number of fused-ring (bicyclic) bond motifs is 2. The highest BCUT2D eigenvalue weighted by atomic mass is 16.7. The molecule has 1 saturated heterocycles. The van der Waals surface area contributed by atoms with Crippen LogP contribution in [0.2, 0.25) is 0 Å². The van der Waals surface area contributed by atoms with Crippen LogP contribution in [0.15, 0.2) is 24.3 Å². The number of nitrogens with zero attached hydrogens (tertiary/aromatic N) is 2. The van der Waals surface area contributed by atoms with E-state index in [1.807, 2.05) is 36.6 Å². The molecule has 2 amide bonds. The van der Waals surface area contributed by atoms with Crippen LogP contribution in [0, 0.1) is 25.7 Å². The summed E-state index contributed by atoms with van der Waals surface area (Å²) in [6.07, 6.45) is 3.19. The van der Waals surface area contributed by atoms with Gasteiger partial charge in [-0.2, -0.15) is 0 Å². The molecule has 2 aliphatic heterocycles. The summed E-state index contributed by atoms with van der Waals surface area (Å²) in [4.78, 5) is 51.3. The molecular weight excluding hydrogens is 440 g/mol. The third-order valence-electron chi connectivity index (χ3n) is 6.93. The number of rotatable bonds is 6. The minimum absolute atomic E-state index is 0.174. The quantitative estimate of drug-likeness (QED) is 0.366. The molecule has 34 heavy (non-hydrogen) atoms. The van der Waals surface area contributed by atoms with Gasteiger partial charge < -0.3 is 18.8 Å². The standard InChI is InChI=1S/C25H26N2O7/c1-14-9-19(15(2)27(14)16-7-8-21-22(10-16)34-13-33-21)20(28)12-32-23(29)11-26-24(30)17-5-3-4-6-18(17)25(26)31/h7-10,17-18H,3-6,11-13H2,1-2H3/t17-,18+. The number of hydrogen-bond donors (Lipinski definition) is 0. The fraction of sp³-hybridized carbons (Fsp3) is 0.440. The van der Waals surface area contributed by atoms with Crippen LogP contribution in [-0.2, 0) is 19.1 Å². The molecular formula is C25H26N2O7. The Labute approximate surface area is 196 Å². The Hall–Kier alpha value is -3.62. The van der Waals surface area contributed by atoms with Gasteiger partial charge in [0, 0.05) is 28.7 Å². The minimum atomic E-state index is -0.765. The van der Waals surface area contributed by atoms with E-state index in [-0.39, 0.29) is 36.2 Å². The molecule has 1 aromatic carbocycles. The summed E-state index contributed by atoms with van der Waals surface area (Å²) in [5.41, 5.74) is 2.79. The lowest BCUT2D eigenvalue weighted by molar-refractivity contribution is -0.152. The molecule has 3 aliphatic rings. The van der Waals surface area contributed by atoms with Gasteiger partial charge in [0.05, 0.1) is 11.8 Å². The average molecular weight is 466 g/mol. The molecule has 3 heterocycles. The van der Waals surface area contributed by atoms with Crippen molar-refractivity contribution in [2.45, 2.75) is 39.5 Å². The van der Waals surface area contributed by atoms with E-state index in [1.165, 1.54) is 0 Å². The second kappa shape index (κ2) is 8.62. The van der Waals surface area contributed by atoms with E-state index in [9.17, 15) is 19.2 Å². The molecule has 2 aromatic rings. The summed E-state index contributed by atoms with van der Waals surface area (Å²) in [5, 5.41) is 0. The van der Waals surface area contributed by atoms with Crippen molar-refractivity contribution in [2.24, 2.45) is 11.8 Å². The Morgan fingerprint density at radius 2 is 1.68 bits per heavy atom. The molecule has 0 unspecified atom stereocenters. The van der Waals surface area contributed by atoms with E-state index in [0.717, 1.165) is 29.1 Å². The molecule has 1 saturated carbocycles. The van der Waals surface area contributed by atoms with Crippen LogP contribution in [0.5, 0.6) is 11.5 Å². The van der Waals surface area contributed by atoms with Crippen molar-refractivity contribution in [3.63, 3.8) is 0 Å². The Bertz CT molecular complexity index is 1170. The van der Waals surface area contributed by atoms with Crippen LogP contribution >= 0.6 is 0 Å². The van der Waals surface area contributed by atoms with E-state index >= 15 is 0 Å². The molecule has 0 bridgehead atoms. The molecule has 5 rings (SSSR count). The highest BCUT2D eigenvalue weighted by Crippen LogP contribution is 2.38. The summed E-state index contributed by atoms with van der Waals surface area (Å²) in [5.74, 6) is -1.06. The predicted octanol–water partition coefficient (Wildman–Crippen LogP) is 2.72. The number of ether oxygens (including phenoxy) is 3. The normalized spacial score (nSPS) is 21.1. The Kier molecular flexibility index (Phi) is 5.63. The van der Waals surface area contributed by atoms with Gasteiger partial charge in [0.25, 0.3) is 0 Å². The molecule has 0 spiro atoms. The van der Waals surface area contributed by atoms with Gasteiger partial charge in [-0.05, 0) is 44.9 Å². The van der Waals surface area contributed by atoms with Crippen molar-refractivity contribution in [1.29, 1.82) is 0 Å². The molecule has 1 aromatic heterocycles. The zero-order valence-corrected chi connectivity index (χ0v) is 19.2. The first-order valence-electron chi connectivity index (χ1n) is 11.5. The Morgan fingerprint density at radius 3 is 2.38 bits per heavy atom. The molecule has 0 radical (unpaired) electrons. The van der Waals surface area contributed by atoms with Crippen LogP contribution in [0.1, 0.15) is 47.4 Å². The zero-order chi connectivity index (χ0) is 24.0. The van der Waals surface area contributed by atoms with E-state index < -0.39 is 19.1 Å². The average Bonchev–Trinajstić information content (AvgIpc) is 3.48. The second-order valence-electron chi connectivity index (χ2n) is 9.00. The summed E-state index contributed by atoms with van der Waals surface area (Å²) >= 11 is 0. The van der Waals surface area contributed by atoms with E-state index in [1.54, 1.807) is 6.07 Å².